The Balaban J connectivity index is 1.83. The van der Waals surface area contributed by atoms with E-state index in [9.17, 15) is 8.78 Å². The van der Waals surface area contributed by atoms with Gasteiger partial charge in [0.25, 0.3) is 0 Å². The molecule has 0 atom stereocenters. The Hall–Kier alpha value is -2.37. The van der Waals surface area contributed by atoms with E-state index >= 15 is 0 Å². The standard InChI is InChI=1S/C17H18F2N4/c1-11(12-7-13(18)9-20-8-12)16-21-10-15(19)17(23-16)22-14-5-3-2-4-6-14/h7-10,14H,1-6H2,(H,21,22,23). The molecule has 0 spiro atoms. The first-order chi connectivity index (χ1) is 11.1. The molecule has 1 fully saturated rings. The van der Waals surface area contributed by atoms with Gasteiger partial charge in [0.15, 0.2) is 17.5 Å². The van der Waals surface area contributed by atoms with Crippen LogP contribution in [0.15, 0.2) is 31.2 Å². The topological polar surface area (TPSA) is 50.7 Å². The minimum atomic E-state index is -0.496. The summed E-state index contributed by atoms with van der Waals surface area (Å²) in [5.41, 5.74) is 0.879. The van der Waals surface area contributed by atoms with E-state index in [-0.39, 0.29) is 17.7 Å². The van der Waals surface area contributed by atoms with Gasteiger partial charge in [-0.05, 0) is 18.9 Å². The highest BCUT2D eigenvalue weighted by Gasteiger charge is 2.17. The van der Waals surface area contributed by atoms with Crippen molar-refractivity contribution < 1.29 is 8.78 Å². The van der Waals surface area contributed by atoms with Crippen LogP contribution in [0.5, 0.6) is 0 Å². The number of hydrogen-bond donors (Lipinski definition) is 1. The Morgan fingerprint density at radius 1 is 1.13 bits per heavy atom. The second-order valence-electron chi connectivity index (χ2n) is 5.74. The summed E-state index contributed by atoms with van der Waals surface area (Å²) in [6.07, 6.45) is 9.22. The molecular weight excluding hydrogens is 298 g/mol. The van der Waals surface area contributed by atoms with E-state index in [4.69, 9.17) is 0 Å². The molecule has 6 heteroatoms. The highest BCUT2D eigenvalue weighted by Crippen LogP contribution is 2.24. The van der Waals surface area contributed by atoms with Gasteiger partial charge in [0.05, 0.1) is 12.4 Å². The zero-order valence-corrected chi connectivity index (χ0v) is 12.7. The molecule has 0 radical (unpaired) electrons. The number of rotatable bonds is 4. The average Bonchev–Trinajstić information content (AvgIpc) is 2.57. The van der Waals surface area contributed by atoms with Crippen molar-refractivity contribution in [1.29, 1.82) is 0 Å². The van der Waals surface area contributed by atoms with Crippen molar-refractivity contribution >= 4 is 11.4 Å². The van der Waals surface area contributed by atoms with Gasteiger partial charge in [-0.15, -0.1) is 0 Å². The maximum Gasteiger partial charge on any atom is 0.183 e. The average molecular weight is 316 g/mol. The molecule has 4 nitrogen and oxygen atoms in total. The van der Waals surface area contributed by atoms with Crippen LogP contribution in [0.3, 0.4) is 0 Å². The summed E-state index contributed by atoms with van der Waals surface area (Å²) >= 11 is 0. The molecule has 1 aliphatic carbocycles. The lowest BCUT2D eigenvalue weighted by molar-refractivity contribution is 0.459. The smallest absolute Gasteiger partial charge is 0.183 e. The zero-order chi connectivity index (χ0) is 16.2. The maximum absolute atomic E-state index is 14.0. The van der Waals surface area contributed by atoms with Crippen molar-refractivity contribution in [1.82, 2.24) is 15.0 Å². The summed E-state index contributed by atoms with van der Waals surface area (Å²) in [6.45, 7) is 3.87. The van der Waals surface area contributed by atoms with Crippen LogP contribution in [-0.4, -0.2) is 21.0 Å². The van der Waals surface area contributed by atoms with E-state index in [1.165, 1.54) is 18.7 Å². The number of pyridine rings is 1. The number of hydrogen-bond acceptors (Lipinski definition) is 4. The Morgan fingerprint density at radius 2 is 1.91 bits per heavy atom. The highest BCUT2D eigenvalue weighted by atomic mass is 19.1. The van der Waals surface area contributed by atoms with Crippen LogP contribution < -0.4 is 5.32 Å². The van der Waals surface area contributed by atoms with Gasteiger partial charge in [-0.25, -0.2) is 18.7 Å². The van der Waals surface area contributed by atoms with Gasteiger partial charge < -0.3 is 5.32 Å². The van der Waals surface area contributed by atoms with Crippen LogP contribution in [0.25, 0.3) is 5.57 Å². The second kappa shape index (κ2) is 6.81. The van der Waals surface area contributed by atoms with E-state index in [0.717, 1.165) is 38.1 Å². The first-order valence-corrected chi connectivity index (χ1v) is 7.73. The molecule has 2 aromatic rings. The summed E-state index contributed by atoms with van der Waals surface area (Å²) in [6, 6.07) is 1.53. The molecule has 0 amide bonds. The first kappa shape index (κ1) is 15.5. The predicted molar refractivity (Wildman–Crippen MR) is 84.8 cm³/mol. The van der Waals surface area contributed by atoms with Gasteiger partial charge in [0.2, 0.25) is 0 Å². The molecule has 1 saturated carbocycles. The fourth-order valence-electron chi connectivity index (χ4n) is 2.76. The van der Waals surface area contributed by atoms with E-state index in [2.05, 4.69) is 26.8 Å². The van der Waals surface area contributed by atoms with Crippen molar-refractivity contribution in [3.63, 3.8) is 0 Å². The van der Waals surface area contributed by atoms with Gasteiger partial charge >= 0.3 is 0 Å². The van der Waals surface area contributed by atoms with Crippen LogP contribution in [0, 0.1) is 11.6 Å². The molecule has 2 aromatic heterocycles. The number of nitrogens with one attached hydrogen (secondary N) is 1. The van der Waals surface area contributed by atoms with Crippen molar-refractivity contribution in [3.8, 4) is 0 Å². The Kier molecular flexibility index (Phi) is 4.60. The summed E-state index contributed by atoms with van der Waals surface area (Å²) in [7, 11) is 0. The molecule has 0 saturated heterocycles. The lowest BCUT2D eigenvalue weighted by atomic mass is 9.95. The van der Waals surface area contributed by atoms with Crippen LogP contribution in [-0.2, 0) is 0 Å². The number of nitrogens with zero attached hydrogens (tertiary/aromatic N) is 3. The Bertz CT molecular complexity index is 711. The quantitative estimate of drug-likeness (QED) is 0.928. The lowest BCUT2D eigenvalue weighted by Gasteiger charge is -2.23. The van der Waals surface area contributed by atoms with Gasteiger partial charge in [0, 0.05) is 23.4 Å². The Labute approximate surface area is 133 Å². The SMILES string of the molecule is C=C(c1cncc(F)c1)c1ncc(F)c(NC2CCCCC2)n1. The minimum absolute atomic E-state index is 0.174. The zero-order valence-electron chi connectivity index (χ0n) is 12.7. The second-order valence-corrected chi connectivity index (χ2v) is 5.74. The van der Waals surface area contributed by atoms with E-state index in [0.29, 0.717) is 11.1 Å². The van der Waals surface area contributed by atoms with E-state index in [1.54, 1.807) is 0 Å². The normalized spacial score (nSPS) is 15.4. The fraction of sp³-hybridized carbons (Fsp3) is 0.353. The highest BCUT2D eigenvalue weighted by molar-refractivity contribution is 5.74. The molecule has 1 aliphatic rings. The van der Waals surface area contributed by atoms with Crippen LogP contribution in [0.4, 0.5) is 14.6 Å². The summed E-state index contributed by atoms with van der Waals surface area (Å²) in [5.74, 6) is -0.527. The van der Waals surface area contributed by atoms with Crippen molar-refractivity contribution in [2.45, 2.75) is 38.1 Å². The molecule has 0 aromatic carbocycles. The van der Waals surface area contributed by atoms with Crippen LogP contribution in [0.2, 0.25) is 0 Å². The maximum atomic E-state index is 14.0. The molecule has 23 heavy (non-hydrogen) atoms. The van der Waals surface area contributed by atoms with Gasteiger partial charge in [-0.1, -0.05) is 25.8 Å². The predicted octanol–water partition coefficient (Wildman–Crippen LogP) is 3.96. The van der Waals surface area contributed by atoms with Crippen molar-refractivity contribution in [3.05, 3.63) is 54.3 Å². The minimum Gasteiger partial charge on any atom is -0.365 e. The molecule has 1 N–H and O–H groups in total. The van der Waals surface area contributed by atoms with Gasteiger partial charge in [-0.3, -0.25) is 4.98 Å². The molecule has 3 rings (SSSR count). The largest absolute Gasteiger partial charge is 0.365 e. The van der Waals surface area contributed by atoms with E-state index < -0.39 is 11.6 Å². The third kappa shape index (κ3) is 3.70. The molecule has 0 aliphatic heterocycles. The summed E-state index contributed by atoms with van der Waals surface area (Å²) < 4.78 is 27.2. The molecule has 120 valence electrons. The van der Waals surface area contributed by atoms with Gasteiger partial charge in [0.1, 0.15) is 5.82 Å². The number of aromatic nitrogens is 3. The molecule has 0 bridgehead atoms. The monoisotopic (exact) mass is 316 g/mol. The van der Waals surface area contributed by atoms with E-state index in [1.807, 2.05) is 0 Å². The van der Waals surface area contributed by atoms with Crippen LogP contribution >= 0.6 is 0 Å². The molecule has 0 unspecified atom stereocenters. The number of halogens is 2. The fourth-order valence-corrected chi connectivity index (χ4v) is 2.76. The van der Waals surface area contributed by atoms with Crippen LogP contribution in [0.1, 0.15) is 43.5 Å². The number of anilines is 1. The van der Waals surface area contributed by atoms with Gasteiger partial charge in [-0.2, -0.15) is 0 Å². The first-order valence-electron chi connectivity index (χ1n) is 7.73. The third-order valence-corrected chi connectivity index (χ3v) is 4.01. The van der Waals surface area contributed by atoms with Crippen molar-refractivity contribution in [2.75, 3.05) is 5.32 Å². The molecule has 2 heterocycles. The third-order valence-electron chi connectivity index (χ3n) is 4.01. The Morgan fingerprint density at radius 3 is 2.65 bits per heavy atom. The lowest BCUT2D eigenvalue weighted by Crippen LogP contribution is -2.23. The summed E-state index contributed by atoms with van der Waals surface area (Å²) in [4.78, 5) is 12.0. The molecular formula is C17H18F2N4. The summed E-state index contributed by atoms with van der Waals surface area (Å²) in [5, 5.41) is 3.15. The van der Waals surface area contributed by atoms with Crippen molar-refractivity contribution in [2.24, 2.45) is 0 Å².